The molecule has 0 aromatic rings. The normalized spacial score (nSPS) is 20.0. The van der Waals surface area contributed by atoms with Crippen molar-refractivity contribution in [1.29, 1.82) is 0 Å². The highest BCUT2D eigenvalue weighted by molar-refractivity contribution is 9.12. The van der Waals surface area contributed by atoms with E-state index in [-0.39, 0.29) is 0 Å². The van der Waals surface area contributed by atoms with Gasteiger partial charge in [0, 0.05) is 9.65 Å². The van der Waals surface area contributed by atoms with E-state index in [1.807, 2.05) is 0 Å². The summed E-state index contributed by atoms with van der Waals surface area (Å²) in [7, 11) is 0. The van der Waals surface area contributed by atoms with Crippen molar-refractivity contribution in [3.05, 3.63) is 0 Å². The Morgan fingerprint density at radius 2 is 1.17 bits per heavy atom. The summed E-state index contributed by atoms with van der Waals surface area (Å²) < 4.78 is 0. The molecule has 0 aromatic heterocycles. The van der Waals surface area contributed by atoms with Gasteiger partial charge in [-0.25, -0.2) is 0 Å². The molecule has 6 heavy (non-hydrogen) atoms. The average Bonchev–Trinajstić information content (AvgIpc) is 1.36. The fourth-order valence-corrected chi connectivity index (χ4v) is 0. The summed E-state index contributed by atoms with van der Waals surface area (Å²) in [6, 6.07) is 0. The van der Waals surface area contributed by atoms with E-state index in [1.165, 1.54) is 0 Å². The summed E-state index contributed by atoms with van der Waals surface area (Å²) in [5.41, 5.74) is 0. The van der Waals surface area contributed by atoms with Gasteiger partial charge in [-0.1, -0.05) is 45.7 Å². The predicted octanol–water partition coefficient (Wildman–Crippen LogP) is 2.55. The van der Waals surface area contributed by atoms with Crippen LogP contribution in [0.4, 0.5) is 0 Å². The number of hydrogen-bond donors (Lipinski definition) is 0. The molecule has 2 heteroatoms. The molecule has 0 saturated heterocycles. The van der Waals surface area contributed by atoms with Crippen molar-refractivity contribution in [2.24, 2.45) is 0 Å². The number of hydrogen-bond acceptors (Lipinski definition) is 0. The zero-order chi connectivity index (χ0) is 5.15. The summed E-state index contributed by atoms with van der Waals surface area (Å²) in [5.74, 6) is 0. The maximum Gasteiger partial charge on any atom is 0.0240 e. The second-order valence-corrected chi connectivity index (χ2v) is 4.24. The SMILES string of the molecule is C[C@H](Br)[C@H](C)Br. The lowest BCUT2D eigenvalue weighted by atomic mass is 10.4. The zero-order valence-electron chi connectivity index (χ0n) is 3.91. The van der Waals surface area contributed by atoms with E-state index in [2.05, 4.69) is 45.7 Å². The third-order valence-corrected chi connectivity index (χ3v) is 2.93. The van der Waals surface area contributed by atoms with E-state index in [0.717, 1.165) is 0 Å². The van der Waals surface area contributed by atoms with Gasteiger partial charge in [0.05, 0.1) is 0 Å². The highest BCUT2D eigenvalue weighted by atomic mass is 79.9. The fraction of sp³-hybridized carbons (Fsp3) is 1.00. The number of alkyl halides is 2. The van der Waals surface area contributed by atoms with Crippen LogP contribution in [0.1, 0.15) is 13.8 Å². The lowest BCUT2D eigenvalue weighted by Crippen LogP contribution is -2.02. The fourth-order valence-electron chi connectivity index (χ4n) is 0. The number of rotatable bonds is 1. The third kappa shape index (κ3) is 3.16. The van der Waals surface area contributed by atoms with Crippen molar-refractivity contribution < 1.29 is 0 Å². The molecule has 2 atom stereocenters. The third-order valence-electron chi connectivity index (χ3n) is 0.633. The van der Waals surface area contributed by atoms with Crippen LogP contribution in [0, 0.1) is 0 Å². The molecule has 0 unspecified atom stereocenters. The van der Waals surface area contributed by atoms with Gasteiger partial charge in [0.25, 0.3) is 0 Å². The van der Waals surface area contributed by atoms with E-state index in [9.17, 15) is 0 Å². The summed E-state index contributed by atoms with van der Waals surface area (Å²) in [6.07, 6.45) is 0. The monoisotopic (exact) mass is 214 g/mol. The summed E-state index contributed by atoms with van der Waals surface area (Å²) in [6.45, 7) is 4.22. The average molecular weight is 216 g/mol. The van der Waals surface area contributed by atoms with Crippen molar-refractivity contribution in [1.82, 2.24) is 0 Å². The Kier molecular flexibility index (Phi) is 3.51. The highest BCUT2D eigenvalue weighted by Gasteiger charge is 2.00. The second kappa shape index (κ2) is 3.03. The Morgan fingerprint density at radius 1 is 1.00 bits per heavy atom. The molecule has 0 aromatic carbocycles. The van der Waals surface area contributed by atoms with Crippen molar-refractivity contribution >= 4 is 31.9 Å². The molecule has 0 N–H and O–H groups in total. The molecule has 38 valence electrons. The molecule has 0 bridgehead atoms. The van der Waals surface area contributed by atoms with Crippen LogP contribution in [0.25, 0.3) is 0 Å². The first-order valence-corrected chi connectivity index (χ1v) is 3.76. The standard InChI is InChI=1S/C4H8Br2/c1-3(5)4(2)6/h3-4H,1-2H3/t3-,4-/m0/s1. The molecule has 0 nitrogen and oxygen atoms in total. The van der Waals surface area contributed by atoms with Crippen LogP contribution in [0.2, 0.25) is 0 Å². The molecule has 0 spiro atoms. The summed E-state index contributed by atoms with van der Waals surface area (Å²) in [4.78, 5) is 1.16. The molecule has 0 heterocycles. The van der Waals surface area contributed by atoms with Gasteiger partial charge in [-0.3, -0.25) is 0 Å². The van der Waals surface area contributed by atoms with Crippen molar-refractivity contribution in [3.8, 4) is 0 Å². The van der Waals surface area contributed by atoms with Crippen LogP contribution in [0.5, 0.6) is 0 Å². The molecular weight excluding hydrogens is 208 g/mol. The van der Waals surface area contributed by atoms with Gasteiger partial charge in [0.15, 0.2) is 0 Å². The topological polar surface area (TPSA) is 0 Å². The molecule has 0 amide bonds. The molecule has 0 fully saturated rings. The van der Waals surface area contributed by atoms with Crippen LogP contribution in [-0.2, 0) is 0 Å². The zero-order valence-corrected chi connectivity index (χ0v) is 7.08. The molecule has 0 aliphatic rings. The van der Waals surface area contributed by atoms with Crippen LogP contribution in [-0.4, -0.2) is 9.65 Å². The summed E-state index contributed by atoms with van der Waals surface area (Å²) in [5, 5.41) is 0. The molecule has 0 saturated carbocycles. The Bertz CT molecular complexity index is 26.5. The minimum Gasteiger partial charge on any atom is -0.0882 e. The van der Waals surface area contributed by atoms with Crippen molar-refractivity contribution in [2.45, 2.75) is 23.5 Å². The maximum atomic E-state index is 3.39. The van der Waals surface area contributed by atoms with Gasteiger partial charge in [-0.2, -0.15) is 0 Å². The first-order chi connectivity index (χ1) is 2.64. The number of halogens is 2. The molecule has 0 rings (SSSR count). The largest absolute Gasteiger partial charge is 0.0882 e. The molecule has 0 aliphatic heterocycles. The molecule has 0 aliphatic carbocycles. The summed E-state index contributed by atoms with van der Waals surface area (Å²) >= 11 is 6.78. The van der Waals surface area contributed by atoms with E-state index >= 15 is 0 Å². The maximum absolute atomic E-state index is 3.39. The molecular formula is C4H8Br2. The van der Waals surface area contributed by atoms with Crippen LogP contribution in [0.15, 0.2) is 0 Å². The lowest BCUT2D eigenvalue weighted by molar-refractivity contribution is 0.959. The van der Waals surface area contributed by atoms with E-state index in [4.69, 9.17) is 0 Å². The minimum absolute atomic E-state index is 0.581. The van der Waals surface area contributed by atoms with Gasteiger partial charge in [0.2, 0.25) is 0 Å². The van der Waals surface area contributed by atoms with E-state index < -0.39 is 0 Å². The van der Waals surface area contributed by atoms with Crippen molar-refractivity contribution in [2.75, 3.05) is 0 Å². The highest BCUT2D eigenvalue weighted by Crippen LogP contribution is 2.10. The van der Waals surface area contributed by atoms with Crippen LogP contribution >= 0.6 is 31.9 Å². The van der Waals surface area contributed by atoms with Gasteiger partial charge in [-0.05, 0) is 0 Å². The van der Waals surface area contributed by atoms with Gasteiger partial charge < -0.3 is 0 Å². The predicted molar refractivity (Wildman–Crippen MR) is 36.8 cm³/mol. The van der Waals surface area contributed by atoms with Crippen molar-refractivity contribution in [3.63, 3.8) is 0 Å². The van der Waals surface area contributed by atoms with E-state index in [1.54, 1.807) is 0 Å². The molecule has 0 radical (unpaired) electrons. The first kappa shape index (κ1) is 6.96. The Labute approximate surface area is 55.6 Å². The van der Waals surface area contributed by atoms with E-state index in [0.29, 0.717) is 9.65 Å². The lowest BCUT2D eigenvalue weighted by Gasteiger charge is -2.01. The van der Waals surface area contributed by atoms with Crippen LogP contribution < -0.4 is 0 Å². The Hall–Kier alpha value is 0.960. The first-order valence-electron chi connectivity index (χ1n) is 1.92. The Balaban J connectivity index is 2.99. The van der Waals surface area contributed by atoms with Gasteiger partial charge in [0.1, 0.15) is 0 Å². The quantitative estimate of drug-likeness (QED) is 0.590. The van der Waals surface area contributed by atoms with Gasteiger partial charge >= 0.3 is 0 Å². The van der Waals surface area contributed by atoms with Gasteiger partial charge in [-0.15, -0.1) is 0 Å². The smallest absolute Gasteiger partial charge is 0.0240 e. The minimum atomic E-state index is 0.581. The Morgan fingerprint density at radius 3 is 1.17 bits per heavy atom. The van der Waals surface area contributed by atoms with Crippen LogP contribution in [0.3, 0.4) is 0 Å². The second-order valence-electron chi connectivity index (χ2n) is 1.36.